The van der Waals surface area contributed by atoms with Gasteiger partial charge in [-0.15, -0.1) is 5.10 Å². The van der Waals surface area contributed by atoms with Gasteiger partial charge in [0.2, 0.25) is 5.82 Å². The van der Waals surface area contributed by atoms with Crippen molar-refractivity contribution >= 4 is 0 Å². The molecular weight excluding hydrogens is 367 g/mol. The lowest BCUT2D eigenvalue weighted by Gasteiger charge is -2.36. The molecule has 0 spiro atoms. The standard InChI is InChI=1S/C22H31FN6/c23-20-12-6-5-11-19(20)21(22-24-25-26-29(22)18-9-3-4-10-18)28-15-13-27(14-16-28)17-7-1-2-8-17/h5-6,11-12,17-18,21H,1-4,7-10,13-16H2/p+2/t21-/m0/s1. The highest BCUT2D eigenvalue weighted by atomic mass is 19.1. The fourth-order valence-corrected chi connectivity index (χ4v) is 5.97. The van der Waals surface area contributed by atoms with Gasteiger partial charge < -0.3 is 9.80 Å². The maximum atomic E-state index is 14.9. The fraction of sp³-hybridized carbons (Fsp3) is 0.682. The SMILES string of the molecule is Fc1ccccc1[C@@H](c1nnnn1C1CCCC1)[NH+]1CC[NH+](C2CCCC2)CC1. The van der Waals surface area contributed by atoms with Crippen LogP contribution < -0.4 is 9.80 Å². The van der Waals surface area contributed by atoms with E-state index in [9.17, 15) is 4.39 Å². The molecule has 29 heavy (non-hydrogen) atoms. The molecule has 5 rings (SSSR count). The van der Waals surface area contributed by atoms with E-state index in [4.69, 9.17) is 0 Å². The minimum absolute atomic E-state index is 0.128. The number of benzene rings is 1. The van der Waals surface area contributed by atoms with Gasteiger partial charge in [0, 0.05) is 0 Å². The van der Waals surface area contributed by atoms with E-state index in [-0.39, 0.29) is 11.9 Å². The van der Waals surface area contributed by atoms with Crippen LogP contribution in [0.5, 0.6) is 0 Å². The predicted molar refractivity (Wildman–Crippen MR) is 107 cm³/mol. The van der Waals surface area contributed by atoms with Crippen LogP contribution in [0, 0.1) is 5.82 Å². The number of hydrogen-bond acceptors (Lipinski definition) is 3. The van der Waals surface area contributed by atoms with Crippen LogP contribution in [0.1, 0.15) is 74.8 Å². The van der Waals surface area contributed by atoms with Crippen molar-refractivity contribution in [2.75, 3.05) is 26.2 Å². The summed E-state index contributed by atoms with van der Waals surface area (Å²) in [7, 11) is 0. The molecule has 0 unspecified atom stereocenters. The van der Waals surface area contributed by atoms with Gasteiger partial charge in [-0.1, -0.05) is 25.0 Å². The summed E-state index contributed by atoms with van der Waals surface area (Å²) in [5.41, 5.74) is 0.737. The molecule has 2 aromatic rings. The summed E-state index contributed by atoms with van der Waals surface area (Å²) in [5.74, 6) is 0.706. The Morgan fingerprint density at radius 1 is 0.931 bits per heavy atom. The molecule has 2 saturated carbocycles. The maximum absolute atomic E-state index is 14.9. The van der Waals surface area contributed by atoms with Crippen molar-refractivity contribution in [3.8, 4) is 0 Å². The van der Waals surface area contributed by atoms with E-state index >= 15 is 0 Å². The molecule has 1 atom stereocenters. The van der Waals surface area contributed by atoms with Gasteiger partial charge in [0.05, 0.1) is 17.6 Å². The third kappa shape index (κ3) is 3.82. The first-order chi connectivity index (χ1) is 14.3. The second-order valence-electron chi connectivity index (χ2n) is 9.17. The van der Waals surface area contributed by atoms with Gasteiger partial charge in [0.25, 0.3) is 0 Å². The maximum Gasteiger partial charge on any atom is 0.214 e. The molecule has 0 amide bonds. The third-order valence-electron chi connectivity index (χ3n) is 7.54. The van der Waals surface area contributed by atoms with Gasteiger partial charge in [-0.3, -0.25) is 0 Å². The lowest BCUT2D eigenvalue weighted by Crippen LogP contribution is -3.29. The van der Waals surface area contributed by atoms with E-state index in [1.165, 1.54) is 43.4 Å². The third-order valence-corrected chi connectivity index (χ3v) is 7.54. The molecule has 0 radical (unpaired) electrons. The van der Waals surface area contributed by atoms with E-state index in [1.54, 1.807) is 17.0 Å². The molecule has 6 nitrogen and oxygen atoms in total. The van der Waals surface area contributed by atoms with Crippen LogP contribution in [0.15, 0.2) is 24.3 Å². The van der Waals surface area contributed by atoms with Crippen molar-refractivity contribution in [1.29, 1.82) is 0 Å². The Hall–Kier alpha value is -1.86. The zero-order valence-corrected chi connectivity index (χ0v) is 17.2. The second-order valence-corrected chi connectivity index (χ2v) is 9.17. The number of hydrogen-bond donors (Lipinski definition) is 2. The smallest absolute Gasteiger partial charge is 0.214 e. The van der Waals surface area contributed by atoms with Crippen molar-refractivity contribution in [3.63, 3.8) is 0 Å². The number of quaternary nitrogens is 2. The van der Waals surface area contributed by atoms with E-state index in [2.05, 4.69) is 15.5 Å². The first-order valence-electron chi connectivity index (χ1n) is 11.5. The van der Waals surface area contributed by atoms with Crippen LogP contribution in [0.3, 0.4) is 0 Å². The summed E-state index contributed by atoms with van der Waals surface area (Å²) in [4.78, 5) is 3.17. The molecule has 1 aromatic heterocycles. The van der Waals surface area contributed by atoms with Gasteiger partial charge in [-0.2, -0.15) is 0 Å². The number of nitrogens with one attached hydrogen (secondary N) is 2. The molecular formula is C22H33FN6+2. The number of aromatic nitrogens is 4. The monoisotopic (exact) mass is 400 g/mol. The topological polar surface area (TPSA) is 52.5 Å². The Bertz CT molecular complexity index is 803. The number of tetrazole rings is 1. The Morgan fingerprint density at radius 2 is 1.62 bits per heavy atom. The molecule has 2 N–H and O–H groups in total. The zero-order chi connectivity index (χ0) is 19.6. The summed E-state index contributed by atoms with van der Waals surface area (Å²) < 4.78 is 16.9. The Labute approximate surface area is 172 Å². The summed E-state index contributed by atoms with van der Waals surface area (Å²) in [6, 6.07) is 8.29. The highest BCUT2D eigenvalue weighted by molar-refractivity contribution is 5.24. The Balaban J connectivity index is 1.43. The minimum Gasteiger partial charge on any atom is -0.323 e. The lowest BCUT2D eigenvalue weighted by molar-refractivity contribution is -1.03. The van der Waals surface area contributed by atoms with Gasteiger partial charge in [-0.25, -0.2) is 9.07 Å². The molecule has 156 valence electrons. The predicted octanol–water partition coefficient (Wildman–Crippen LogP) is 0.743. The number of halogens is 1. The van der Waals surface area contributed by atoms with Crippen LogP contribution in [-0.4, -0.2) is 52.4 Å². The quantitative estimate of drug-likeness (QED) is 0.779. The summed E-state index contributed by atoms with van der Waals surface area (Å²) in [6.45, 7) is 4.41. The lowest BCUT2D eigenvalue weighted by atomic mass is 10.0. The van der Waals surface area contributed by atoms with Crippen molar-refractivity contribution in [2.24, 2.45) is 0 Å². The van der Waals surface area contributed by atoms with Crippen molar-refractivity contribution in [3.05, 3.63) is 41.5 Å². The molecule has 1 aliphatic heterocycles. The average Bonchev–Trinajstić information content (AvgIpc) is 3.52. The molecule has 2 aliphatic carbocycles. The minimum atomic E-state index is -0.142. The van der Waals surface area contributed by atoms with Crippen LogP contribution in [0.4, 0.5) is 4.39 Å². The molecule has 3 fully saturated rings. The molecule has 1 aromatic carbocycles. The first kappa shape index (κ1) is 19.1. The summed E-state index contributed by atoms with van der Waals surface area (Å²) in [6.07, 6.45) is 10.2. The number of piperazine rings is 1. The second kappa shape index (κ2) is 8.48. The largest absolute Gasteiger partial charge is 0.323 e. The van der Waals surface area contributed by atoms with Crippen LogP contribution in [0.2, 0.25) is 0 Å². The van der Waals surface area contributed by atoms with Crippen LogP contribution in [0.25, 0.3) is 0 Å². The highest BCUT2D eigenvalue weighted by Crippen LogP contribution is 2.31. The van der Waals surface area contributed by atoms with E-state index in [0.29, 0.717) is 6.04 Å². The summed E-state index contributed by atoms with van der Waals surface area (Å²) >= 11 is 0. The average molecular weight is 401 g/mol. The van der Waals surface area contributed by atoms with Gasteiger partial charge in [0.15, 0.2) is 6.04 Å². The fourth-order valence-electron chi connectivity index (χ4n) is 5.97. The van der Waals surface area contributed by atoms with Gasteiger partial charge in [0.1, 0.15) is 32.0 Å². The van der Waals surface area contributed by atoms with Crippen molar-refractivity contribution < 1.29 is 14.2 Å². The van der Waals surface area contributed by atoms with Gasteiger partial charge >= 0.3 is 0 Å². The molecule has 7 heteroatoms. The van der Waals surface area contributed by atoms with Crippen molar-refractivity contribution in [2.45, 2.75) is 69.5 Å². The van der Waals surface area contributed by atoms with E-state index in [1.807, 2.05) is 16.8 Å². The highest BCUT2D eigenvalue weighted by Gasteiger charge is 2.40. The Kier molecular flexibility index (Phi) is 5.59. The molecule has 2 heterocycles. The number of nitrogens with zero attached hydrogens (tertiary/aromatic N) is 4. The molecule has 1 saturated heterocycles. The van der Waals surface area contributed by atoms with E-state index in [0.717, 1.165) is 56.5 Å². The first-order valence-corrected chi connectivity index (χ1v) is 11.5. The van der Waals surface area contributed by atoms with Crippen LogP contribution >= 0.6 is 0 Å². The van der Waals surface area contributed by atoms with Gasteiger partial charge in [-0.05, 0) is 61.1 Å². The normalized spacial score (nSPS) is 27.5. The zero-order valence-electron chi connectivity index (χ0n) is 17.2. The Morgan fingerprint density at radius 3 is 2.34 bits per heavy atom. The summed E-state index contributed by atoms with van der Waals surface area (Å²) in [5, 5.41) is 12.9. The van der Waals surface area contributed by atoms with E-state index < -0.39 is 0 Å². The molecule has 0 bridgehead atoms. The number of rotatable bonds is 5. The van der Waals surface area contributed by atoms with Crippen LogP contribution in [-0.2, 0) is 0 Å². The van der Waals surface area contributed by atoms with Crippen molar-refractivity contribution in [1.82, 2.24) is 20.2 Å². The molecule has 3 aliphatic rings.